The Balaban J connectivity index is 0.000000228. The van der Waals surface area contributed by atoms with Gasteiger partial charge in [0.15, 0.2) is 12.9 Å². The fourth-order valence-corrected chi connectivity index (χ4v) is 3.64. The maximum absolute atomic E-state index is 11.6. The molecule has 41 heavy (non-hydrogen) atoms. The predicted octanol–water partition coefficient (Wildman–Crippen LogP) is 7.27. The van der Waals surface area contributed by atoms with Crippen molar-refractivity contribution in [2.45, 2.75) is 38.8 Å². The van der Waals surface area contributed by atoms with E-state index in [2.05, 4.69) is 6.58 Å². The first kappa shape index (κ1) is 31.2. The van der Waals surface area contributed by atoms with Crippen LogP contribution < -0.4 is 9.47 Å². The lowest BCUT2D eigenvalue weighted by atomic mass is 10.2. The Bertz CT molecular complexity index is 1240. The maximum Gasteiger partial charge on any atom is 0.346 e. The second-order valence-electron chi connectivity index (χ2n) is 9.15. The van der Waals surface area contributed by atoms with Crippen molar-refractivity contribution in [3.8, 4) is 17.2 Å². The van der Waals surface area contributed by atoms with Gasteiger partial charge in [0, 0.05) is 13.5 Å². The minimum atomic E-state index is -0.409. The van der Waals surface area contributed by atoms with Crippen molar-refractivity contribution in [1.29, 1.82) is 0 Å². The molecule has 216 valence electrons. The van der Waals surface area contributed by atoms with Crippen LogP contribution in [-0.2, 0) is 19.0 Å². The second-order valence-corrected chi connectivity index (χ2v) is 9.15. The number of methoxy groups -OCH3 is 1. The molecule has 2 unspecified atom stereocenters. The van der Waals surface area contributed by atoms with Crippen LogP contribution in [0.4, 0.5) is 0 Å². The molecule has 7 nitrogen and oxygen atoms in total. The maximum atomic E-state index is 11.6. The number of esters is 1. The van der Waals surface area contributed by atoms with Gasteiger partial charge in [-0.25, -0.2) is 4.79 Å². The number of hydrogen-bond acceptors (Lipinski definition) is 7. The summed E-state index contributed by atoms with van der Waals surface area (Å²) < 4.78 is 26.4. The summed E-state index contributed by atoms with van der Waals surface area (Å²) in [6.07, 6.45) is 11.8. The average Bonchev–Trinajstić information content (AvgIpc) is 3.01. The molecule has 0 aromatic heterocycles. The van der Waals surface area contributed by atoms with Gasteiger partial charge in [0.1, 0.15) is 17.2 Å². The van der Waals surface area contributed by atoms with Crippen LogP contribution in [0.3, 0.4) is 0 Å². The third kappa shape index (κ3) is 12.2. The van der Waals surface area contributed by atoms with Crippen LogP contribution in [0.15, 0.2) is 91.5 Å². The molecular formula is C34H38O7. The molecule has 1 saturated heterocycles. The van der Waals surface area contributed by atoms with Crippen molar-refractivity contribution in [1.82, 2.24) is 0 Å². The van der Waals surface area contributed by atoms with Crippen LogP contribution in [0.1, 0.15) is 42.9 Å². The monoisotopic (exact) mass is 558 g/mol. The van der Waals surface area contributed by atoms with Gasteiger partial charge in [-0.05, 0) is 72.9 Å². The van der Waals surface area contributed by atoms with Crippen LogP contribution in [0, 0.1) is 0 Å². The summed E-state index contributed by atoms with van der Waals surface area (Å²) in [6.45, 7) is 6.07. The first-order valence-corrected chi connectivity index (χ1v) is 13.5. The summed E-state index contributed by atoms with van der Waals surface area (Å²) in [5.74, 6) is 1.29. The smallest absolute Gasteiger partial charge is 0.346 e. The normalized spacial score (nSPS) is 15.5. The molecule has 3 aromatic carbocycles. The zero-order valence-electron chi connectivity index (χ0n) is 23.6. The Hall–Kier alpha value is -4.33. The van der Waals surface area contributed by atoms with E-state index in [4.69, 9.17) is 23.7 Å². The molecule has 1 N–H and O–H groups in total. The molecule has 0 amide bonds. The number of allylic oxidation sites excluding steroid dienone is 2. The lowest BCUT2D eigenvalue weighted by Gasteiger charge is -2.22. The lowest BCUT2D eigenvalue weighted by Crippen LogP contribution is -2.27. The fraction of sp³-hybridized carbons (Fsp3) is 0.265. The summed E-state index contributed by atoms with van der Waals surface area (Å²) in [5.41, 5.74) is 3.14. The van der Waals surface area contributed by atoms with Crippen molar-refractivity contribution in [3.63, 3.8) is 0 Å². The number of phenolic OH excluding ortho intramolecular Hbond substituents is 1. The van der Waals surface area contributed by atoms with E-state index >= 15 is 0 Å². The number of ether oxygens (including phenoxy) is 5. The quantitative estimate of drug-likeness (QED) is 0.151. The van der Waals surface area contributed by atoms with E-state index in [9.17, 15) is 9.90 Å². The van der Waals surface area contributed by atoms with Gasteiger partial charge in [-0.3, -0.25) is 0 Å². The highest BCUT2D eigenvalue weighted by atomic mass is 16.7. The second kappa shape index (κ2) is 17.4. The van der Waals surface area contributed by atoms with E-state index < -0.39 is 12.3 Å². The van der Waals surface area contributed by atoms with Crippen LogP contribution >= 0.6 is 0 Å². The number of carbonyl (C=O) groups excluding carboxylic acids is 1. The number of rotatable bonds is 11. The zero-order valence-corrected chi connectivity index (χ0v) is 23.6. The molecule has 3 aromatic rings. The van der Waals surface area contributed by atoms with Crippen molar-refractivity contribution in [2.24, 2.45) is 0 Å². The molecule has 7 heteroatoms. The highest BCUT2D eigenvalue weighted by Gasteiger charge is 2.18. The Morgan fingerprint density at radius 2 is 1.51 bits per heavy atom. The molecule has 0 bridgehead atoms. The first-order valence-electron chi connectivity index (χ1n) is 13.5. The van der Waals surface area contributed by atoms with Crippen molar-refractivity contribution in [2.75, 3.05) is 20.3 Å². The third-order valence-electron chi connectivity index (χ3n) is 5.97. The summed E-state index contributed by atoms with van der Waals surface area (Å²) in [4.78, 5) is 11.6. The van der Waals surface area contributed by atoms with Crippen LogP contribution in [0.2, 0.25) is 0 Å². The minimum absolute atomic E-state index is 0.104. The molecule has 1 aliphatic rings. The number of benzene rings is 3. The highest BCUT2D eigenvalue weighted by Crippen LogP contribution is 2.17. The lowest BCUT2D eigenvalue weighted by molar-refractivity contribution is -0.188. The Morgan fingerprint density at radius 3 is 2.07 bits per heavy atom. The first-order chi connectivity index (χ1) is 19.9. The van der Waals surface area contributed by atoms with Gasteiger partial charge in [-0.15, -0.1) is 0 Å². The van der Waals surface area contributed by atoms with E-state index in [1.54, 1.807) is 37.5 Å². The number of aromatic hydroxyl groups is 1. The zero-order chi connectivity index (χ0) is 29.3. The number of carbonyl (C=O) groups is 1. The molecule has 2 atom stereocenters. The predicted molar refractivity (Wildman–Crippen MR) is 161 cm³/mol. The van der Waals surface area contributed by atoms with Crippen molar-refractivity contribution in [3.05, 3.63) is 108 Å². The minimum Gasteiger partial charge on any atom is -0.508 e. The van der Waals surface area contributed by atoms with Crippen molar-refractivity contribution < 1.29 is 33.6 Å². The van der Waals surface area contributed by atoms with Crippen LogP contribution in [0.25, 0.3) is 18.2 Å². The van der Waals surface area contributed by atoms with Crippen molar-refractivity contribution >= 4 is 24.2 Å². The topological polar surface area (TPSA) is 83.5 Å². The van der Waals surface area contributed by atoms with Gasteiger partial charge in [-0.2, -0.15) is 0 Å². The van der Waals surface area contributed by atoms with E-state index in [0.29, 0.717) is 12.4 Å². The molecule has 0 radical (unpaired) electrons. The summed E-state index contributed by atoms with van der Waals surface area (Å²) in [5, 5.41) is 9.21. The number of phenols is 1. The SMILES string of the molecule is C=Cc1ccc(OCC(=O)OC2CCCCO2)cc1.COC(C)Oc1ccc(C=CC=Cc2ccc(O)cc2)cc1. The van der Waals surface area contributed by atoms with Crippen LogP contribution in [0.5, 0.6) is 17.2 Å². The van der Waals surface area contributed by atoms with Gasteiger partial charge < -0.3 is 28.8 Å². The third-order valence-corrected chi connectivity index (χ3v) is 5.97. The number of hydrogen-bond donors (Lipinski definition) is 1. The molecule has 1 aliphatic heterocycles. The van der Waals surface area contributed by atoms with Gasteiger partial charge in [-0.1, -0.05) is 73.4 Å². The van der Waals surface area contributed by atoms with E-state index in [1.807, 2.05) is 79.8 Å². The molecular weight excluding hydrogens is 520 g/mol. The Labute approximate surface area is 242 Å². The van der Waals surface area contributed by atoms with Gasteiger partial charge in [0.05, 0.1) is 6.61 Å². The summed E-state index contributed by atoms with van der Waals surface area (Å²) in [6, 6.07) is 22.2. The van der Waals surface area contributed by atoms with Gasteiger partial charge in [0.2, 0.25) is 6.29 Å². The van der Waals surface area contributed by atoms with E-state index in [-0.39, 0.29) is 18.6 Å². The fourth-order valence-electron chi connectivity index (χ4n) is 3.64. The molecule has 0 aliphatic carbocycles. The van der Waals surface area contributed by atoms with E-state index in [1.165, 1.54) is 0 Å². The Morgan fingerprint density at radius 1 is 0.927 bits per heavy atom. The largest absolute Gasteiger partial charge is 0.508 e. The van der Waals surface area contributed by atoms with E-state index in [0.717, 1.165) is 41.7 Å². The standard InChI is InChI=1S/C19H20O3.C15H18O4/c1-15(21-2)22-19-13-9-17(10-14-19)6-4-3-5-16-7-11-18(20)12-8-16;1-2-12-6-8-13(9-7-12)18-11-14(16)19-15-5-3-4-10-17-15/h3-15,20H,1-2H3;2,6-9,15H,1,3-5,10-11H2. The molecule has 0 saturated carbocycles. The highest BCUT2D eigenvalue weighted by molar-refractivity contribution is 5.71. The molecule has 1 heterocycles. The molecule has 4 rings (SSSR count). The summed E-state index contributed by atoms with van der Waals surface area (Å²) >= 11 is 0. The Kier molecular flexibility index (Phi) is 13.2. The van der Waals surface area contributed by atoms with Crippen LogP contribution in [-0.4, -0.2) is 44.0 Å². The van der Waals surface area contributed by atoms with Gasteiger partial charge >= 0.3 is 5.97 Å². The molecule has 0 spiro atoms. The molecule has 1 fully saturated rings. The average molecular weight is 559 g/mol. The van der Waals surface area contributed by atoms with Gasteiger partial charge in [0.25, 0.3) is 0 Å². The summed E-state index contributed by atoms with van der Waals surface area (Å²) in [7, 11) is 1.61.